The molecule has 0 aliphatic rings. The summed E-state index contributed by atoms with van der Waals surface area (Å²) in [6.45, 7) is 8.02. The standard InChI is InChI=1S/C15H23ClN2O2/c1-10(2)7-18-8-12-4-5-14(13(16)6-12)20-9-11(3)15(17)19/h4-6,10-11,18H,7-9H2,1-3H3,(H2,17,19). The van der Waals surface area contributed by atoms with Crippen LogP contribution in [-0.4, -0.2) is 19.1 Å². The van der Waals surface area contributed by atoms with E-state index in [-0.39, 0.29) is 18.4 Å². The Hall–Kier alpha value is -1.26. The van der Waals surface area contributed by atoms with Crippen LogP contribution in [0.5, 0.6) is 5.75 Å². The third-order valence-corrected chi connectivity index (χ3v) is 3.15. The summed E-state index contributed by atoms with van der Waals surface area (Å²) in [5, 5.41) is 3.90. The Kier molecular flexibility index (Phi) is 6.82. The molecule has 0 saturated carbocycles. The molecular formula is C15H23ClN2O2. The highest BCUT2D eigenvalue weighted by molar-refractivity contribution is 6.32. The summed E-state index contributed by atoms with van der Waals surface area (Å²) in [6, 6.07) is 5.66. The maximum atomic E-state index is 10.9. The predicted octanol–water partition coefficient (Wildman–Crippen LogP) is 2.59. The fraction of sp³-hybridized carbons (Fsp3) is 0.533. The molecule has 0 fully saturated rings. The van der Waals surface area contributed by atoms with E-state index in [2.05, 4.69) is 19.2 Å². The summed E-state index contributed by atoms with van der Waals surface area (Å²) in [6.07, 6.45) is 0. The average molecular weight is 299 g/mol. The van der Waals surface area contributed by atoms with Crippen molar-refractivity contribution in [2.75, 3.05) is 13.2 Å². The van der Waals surface area contributed by atoms with Crippen LogP contribution in [0.4, 0.5) is 0 Å². The van der Waals surface area contributed by atoms with Crippen LogP contribution < -0.4 is 15.8 Å². The molecule has 1 rings (SSSR count). The van der Waals surface area contributed by atoms with E-state index in [4.69, 9.17) is 22.1 Å². The second-order valence-corrected chi connectivity index (χ2v) is 5.81. The third kappa shape index (κ3) is 5.80. The fourth-order valence-corrected chi connectivity index (χ4v) is 1.83. The van der Waals surface area contributed by atoms with Gasteiger partial charge in [-0.1, -0.05) is 38.4 Å². The van der Waals surface area contributed by atoms with Crippen LogP contribution in [0, 0.1) is 11.8 Å². The first-order valence-corrected chi connectivity index (χ1v) is 7.19. The lowest BCUT2D eigenvalue weighted by Gasteiger charge is -2.13. The van der Waals surface area contributed by atoms with Crippen LogP contribution in [0.3, 0.4) is 0 Å². The second kappa shape index (κ2) is 8.12. The van der Waals surface area contributed by atoms with E-state index >= 15 is 0 Å². The van der Waals surface area contributed by atoms with Gasteiger partial charge in [0, 0.05) is 6.54 Å². The topological polar surface area (TPSA) is 64.3 Å². The van der Waals surface area contributed by atoms with E-state index in [1.54, 1.807) is 6.92 Å². The van der Waals surface area contributed by atoms with Gasteiger partial charge in [-0.05, 0) is 30.2 Å². The van der Waals surface area contributed by atoms with Gasteiger partial charge in [-0.2, -0.15) is 0 Å². The number of ether oxygens (including phenoxy) is 1. The summed E-state index contributed by atoms with van der Waals surface area (Å²) in [7, 11) is 0. The van der Waals surface area contributed by atoms with Gasteiger partial charge in [-0.25, -0.2) is 0 Å². The van der Waals surface area contributed by atoms with Gasteiger partial charge in [0.2, 0.25) is 5.91 Å². The zero-order chi connectivity index (χ0) is 15.1. The van der Waals surface area contributed by atoms with Crippen molar-refractivity contribution in [1.82, 2.24) is 5.32 Å². The monoisotopic (exact) mass is 298 g/mol. The Morgan fingerprint density at radius 2 is 2.10 bits per heavy atom. The second-order valence-electron chi connectivity index (χ2n) is 5.40. The molecule has 1 aromatic rings. The molecule has 20 heavy (non-hydrogen) atoms. The summed E-state index contributed by atoms with van der Waals surface area (Å²) in [4.78, 5) is 10.9. The Morgan fingerprint density at radius 3 is 2.65 bits per heavy atom. The van der Waals surface area contributed by atoms with Gasteiger partial charge in [0.25, 0.3) is 0 Å². The molecule has 1 unspecified atom stereocenters. The molecular weight excluding hydrogens is 276 g/mol. The van der Waals surface area contributed by atoms with E-state index in [0.717, 1.165) is 18.7 Å². The van der Waals surface area contributed by atoms with Gasteiger partial charge >= 0.3 is 0 Å². The van der Waals surface area contributed by atoms with Crippen molar-refractivity contribution >= 4 is 17.5 Å². The average Bonchev–Trinajstić information content (AvgIpc) is 2.36. The van der Waals surface area contributed by atoms with Crippen molar-refractivity contribution in [3.8, 4) is 5.75 Å². The Labute approximate surface area is 125 Å². The summed E-state index contributed by atoms with van der Waals surface area (Å²) in [5.74, 6) is 0.477. The lowest BCUT2D eigenvalue weighted by atomic mass is 10.2. The first-order valence-electron chi connectivity index (χ1n) is 6.81. The van der Waals surface area contributed by atoms with Crippen molar-refractivity contribution in [3.05, 3.63) is 28.8 Å². The molecule has 0 bridgehead atoms. The molecule has 1 atom stereocenters. The van der Waals surface area contributed by atoms with Crippen molar-refractivity contribution in [1.29, 1.82) is 0 Å². The minimum atomic E-state index is -0.379. The Balaban J connectivity index is 2.53. The number of nitrogens with two attached hydrogens (primary N) is 1. The van der Waals surface area contributed by atoms with E-state index < -0.39 is 0 Å². The highest BCUT2D eigenvalue weighted by atomic mass is 35.5. The molecule has 1 amide bonds. The van der Waals surface area contributed by atoms with E-state index in [9.17, 15) is 4.79 Å². The van der Waals surface area contributed by atoms with Crippen LogP contribution in [-0.2, 0) is 11.3 Å². The van der Waals surface area contributed by atoms with Gasteiger partial charge in [-0.15, -0.1) is 0 Å². The van der Waals surface area contributed by atoms with Crippen LogP contribution in [0.2, 0.25) is 5.02 Å². The van der Waals surface area contributed by atoms with Crippen LogP contribution >= 0.6 is 11.6 Å². The number of primary amides is 1. The highest BCUT2D eigenvalue weighted by Gasteiger charge is 2.11. The maximum Gasteiger partial charge on any atom is 0.223 e. The summed E-state index contributed by atoms with van der Waals surface area (Å²) in [5.41, 5.74) is 6.28. The maximum absolute atomic E-state index is 10.9. The fourth-order valence-electron chi connectivity index (χ4n) is 1.57. The van der Waals surface area contributed by atoms with Crippen molar-refractivity contribution < 1.29 is 9.53 Å². The number of hydrogen-bond acceptors (Lipinski definition) is 3. The van der Waals surface area contributed by atoms with Crippen LogP contribution in [0.15, 0.2) is 18.2 Å². The number of amides is 1. The van der Waals surface area contributed by atoms with Gasteiger partial charge in [0.1, 0.15) is 5.75 Å². The molecule has 4 nitrogen and oxygen atoms in total. The minimum Gasteiger partial charge on any atom is -0.491 e. The molecule has 0 aliphatic heterocycles. The van der Waals surface area contributed by atoms with Crippen molar-refractivity contribution in [3.63, 3.8) is 0 Å². The number of carbonyl (C=O) groups is 1. The number of halogens is 1. The third-order valence-electron chi connectivity index (χ3n) is 2.85. The SMILES string of the molecule is CC(C)CNCc1ccc(OCC(C)C(N)=O)c(Cl)c1. The predicted molar refractivity (Wildman–Crippen MR) is 81.9 cm³/mol. The number of hydrogen-bond donors (Lipinski definition) is 2. The van der Waals surface area contributed by atoms with E-state index in [1.807, 2.05) is 18.2 Å². The number of rotatable bonds is 8. The summed E-state index contributed by atoms with van der Waals surface area (Å²) >= 11 is 6.16. The number of nitrogens with one attached hydrogen (secondary N) is 1. The highest BCUT2D eigenvalue weighted by Crippen LogP contribution is 2.25. The quantitative estimate of drug-likeness (QED) is 0.775. The molecule has 0 saturated heterocycles. The van der Waals surface area contributed by atoms with Crippen molar-refractivity contribution in [2.45, 2.75) is 27.3 Å². The Bertz CT molecular complexity index is 449. The molecule has 0 spiro atoms. The Morgan fingerprint density at radius 1 is 1.40 bits per heavy atom. The molecule has 0 aromatic heterocycles. The molecule has 5 heteroatoms. The van der Waals surface area contributed by atoms with Gasteiger partial charge in [0.05, 0.1) is 17.5 Å². The molecule has 1 aromatic carbocycles. The lowest BCUT2D eigenvalue weighted by Crippen LogP contribution is -2.25. The molecule has 112 valence electrons. The van der Waals surface area contributed by atoms with Crippen LogP contribution in [0.25, 0.3) is 0 Å². The van der Waals surface area contributed by atoms with E-state index in [0.29, 0.717) is 16.7 Å². The first-order chi connectivity index (χ1) is 9.40. The van der Waals surface area contributed by atoms with E-state index in [1.165, 1.54) is 0 Å². The number of carbonyl (C=O) groups excluding carboxylic acids is 1. The van der Waals surface area contributed by atoms with Gasteiger partial charge in [0.15, 0.2) is 0 Å². The zero-order valence-electron chi connectivity index (χ0n) is 12.3. The molecule has 0 radical (unpaired) electrons. The van der Waals surface area contributed by atoms with Gasteiger partial charge < -0.3 is 15.8 Å². The summed E-state index contributed by atoms with van der Waals surface area (Å²) < 4.78 is 5.50. The van der Waals surface area contributed by atoms with Crippen LogP contribution in [0.1, 0.15) is 26.3 Å². The minimum absolute atomic E-state index is 0.236. The lowest BCUT2D eigenvalue weighted by molar-refractivity contribution is -0.122. The molecule has 0 aliphatic carbocycles. The largest absolute Gasteiger partial charge is 0.491 e. The van der Waals surface area contributed by atoms with Gasteiger partial charge in [-0.3, -0.25) is 4.79 Å². The number of benzene rings is 1. The molecule has 0 heterocycles. The normalized spacial score (nSPS) is 12.4. The molecule has 3 N–H and O–H groups in total. The first kappa shape index (κ1) is 16.8. The van der Waals surface area contributed by atoms with Crippen molar-refractivity contribution in [2.24, 2.45) is 17.6 Å². The smallest absolute Gasteiger partial charge is 0.223 e. The zero-order valence-corrected chi connectivity index (χ0v) is 13.0.